The van der Waals surface area contributed by atoms with E-state index in [1.54, 1.807) is 6.92 Å². The van der Waals surface area contributed by atoms with E-state index < -0.39 is 83.5 Å². The fourth-order valence-corrected chi connectivity index (χ4v) is 8.39. The molecule has 0 aliphatic heterocycles. The third-order valence-electron chi connectivity index (χ3n) is 10.7. The second-order valence-electron chi connectivity index (χ2n) is 17.1. The minimum Gasteiger partial charge on any atom is -0.462 e. The normalized spacial score (nSPS) is 22.3. The number of unbranched alkanes of at least 4 members (excludes halogenated alkanes) is 8. The van der Waals surface area contributed by atoms with Crippen molar-refractivity contribution in [3.63, 3.8) is 0 Å². The summed E-state index contributed by atoms with van der Waals surface area (Å²) in [6, 6.07) is 0. The summed E-state index contributed by atoms with van der Waals surface area (Å²) in [6.45, 7) is 2.49. The highest BCUT2D eigenvalue weighted by molar-refractivity contribution is 7.47. The minimum atomic E-state index is -5.38. The molecule has 0 amide bonds. The highest BCUT2D eigenvalue weighted by atomic mass is 31.2. The van der Waals surface area contributed by atoms with Crippen molar-refractivity contribution in [1.82, 2.24) is 0 Å². The lowest BCUT2D eigenvalue weighted by Crippen LogP contribution is -2.64. The number of hydrogen-bond donors (Lipinski definition) is 8. The van der Waals surface area contributed by atoms with Crippen LogP contribution in [-0.4, -0.2) is 114 Å². The lowest BCUT2D eigenvalue weighted by atomic mass is 9.85. The number of allylic oxidation sites excluding steroid dienone is 16. The van der Waals surface area contributed by atoms with Crippen LogP contribution in [0.1, 0.15) is 149 Å². The molecule has 8 N–H and O–H groups in total. The minimum absolute atomic E-state index is 0.00392. The Bertz CT molecular complexity index is 1730. The fourth-order valence-electron chi connectivity index (χ4n) is 6.85. The van der Waals surface area contributed by atoms with Gasteiger partial charge < -0.3 is 49.7 Å². The number of rotatable bonds is 40. The monoisotopic (exact) mass is 1030 g/mol. The number of aliphatic hydroxyl groups is 5. The quantitative estimate of drug-likeness (QED) is 0.0123. The third-order valence-corrected chi connectivity index (χ3v) is 12.2. The van der Waals surface area contributed by atoms with Gasteiger partial charge in [0.1, 0.15) is 43.2 Å². The van der Waals surface area contributed by atoms with Gasteiger partial charge in [-0.25, -0.2) is 9.13 Å². The highest BCUT2D eigenvalue weighted by Crippen LogP contribution is 2.49. The van der Waals surface area contributed by atoms with Crippen LogP contribution in [0.2, 0.25) is 0 Å². The summed E-state index contributed by atoms with van der Waals surface area (Å²) in [6.07, 6.45) is 34.9. The molecule has 400 valence electrons. The van der Waals surface area contributed by atoms with Crippen molar-refractivity contribution in [3.05, 3.63) is 97.2 Å². The Morgan fingerprint density at radius 1 is 0.514 bits per heavy atom. The SMILES string of the molecule is CC/C=C\C/C=C\C/C=C\C/C=C\CCCCCCCCC(=O)O[C@H](COC(=O)CCC/C=C\C/C=C\C/C=C\C/C=C\CCC[C@@H](C)O)COP(=O)(O)O[C@H]1C(O)C(O)C(O)[C@@H](OP(=O)(O)O)C1O. The molecule has 19 heteroatoms. The summed E-state index contributed by atoms with van der Waals surface area (Å²) in [5.41, 5.74) is 0. The van der Waals surface area contributed by atoms with Crippen molar-refractivity contribution in [1.29, 1.82) is 0 Å². The van der Waals surface area contributed by atoms with Gasteiger partial charge in [0.15, 0.2) is 6.10 Å². The Balaban J connectivity index is 2.62. The topological polar surface area (TPSA) is 276 Å². The molecule has 0 bridgehead atoms. The van der Waals surface area contributed by atoms with E-state index in [0.717, 1.165) is 103 Å². The van der Waals surface area contributed by atoms with Crippen LogP contribution in [-0.2, 0) is 41.8 Å². The molecule has 1 rings (SSSR count). The number of phosphoric ester groups is 2. The number of phosphoric acid groups is 2. The Morgan fingerprint density at radius 2 is 0.943 bits per heavy atom. The maximum atomic E-state index is 13.0. The van der Waals surface area contributed by atoms with E-state index in [9.17, 15) is 58.9 Å². The van der Waals surface area contributed by atoms with Crippen LogP contribution in [0, 0.1) is 0 Å². The van der Waals surface area contributed by atoms with Gasteiger partial charge in [-0.15, -0.1) is 0 Å². The molecule has 9 atom stereocenters. The zero-order chi connectivity index (χ0) is 51.9. The van der Waals surface area contributed by atoms with Crippen molar-refractivity contribution >= 4 is 27.6 Å². The van der Waals surface area contributed by atoms with E-state index in [4.69, 9.17) is 18.5 Å². The summed E-state index contributed by atoms with van der Waals surface area (Å²) >= 11 is 0. The molecule has 0 aromatic rings. The maximum Gasteiger partial charge on any atom is 0.472 e. The number of esters is 2. The molecule has 0 spiro atoms. The van der Waals surface area contributed by atoms with Gasteiger partial charge in [-0.05, 0) is 103 Å². The smallest absolute Gasteiger partial charge is 0.462 e. The number of carbonyl (C=O) groups is 2. The molecule has 1 aliphatic rings. The average Bonchev–Trinajstić information content (AvgIpc) is 3.30. The van der Waals surface area contributed by atoms with Crippen LogP contribution in [0.5, 0.6) is 0 Å². The second-order valence-corrected chi connectivity index (χ2v) is 19.7. The molecule has 0 saturated heterocycles. The second kappa shape index (κ2) is 40.4. The molecule has 0 aromatic carbocycles. The Kier molecular flexibility index (Phi) is 37.4. The average molecular weight is 1030 g/mol. The molecular formula is C51H84O17P2. The Hall–Kier alpha value is -3.12. The van der Waals surface area contributed by atoms with E-state index in [0.29, 0.717) is 19.3 Å². The summed E-state index contributed by atoms with van der Waals surface area (Å²) in [5.74, 6) is -1.31. The van der Waals surface area contributed by atoms with Gasteiger partial charge >= 0.3 is 27.6 Å². The van der Waals surface area contributed by atoms with Gasteiger partial charge in [0, 0.05) is 12.8 Å². The van der Waals surface area contributed by atoms with Gasteiger partial charge in [-0.3, -0.25) is 23.2 Å². The number of carbonyl (C=O) groups excluding carboxylic acids is 2. The zero-order valence-corrected chi connectivity index (χ0v) is 43.1. The molecule has 17 nitrogen and oxygen atoms in total. The maximum absolute atomic E-state index is 13.0. The first-order valence-electron chi connectivity index (χ1n) is 24.8. The third kappa shape index (κ3) is 35.1. The van der Waals surface area contributed by atoms with Gasteiger partial charge in [-0.1, -0.05) is 130 Å². The van der Waals surface area contributed by atoms with Crippen LogP contribution in [0.15, 0.2) is 97.2 Å². The van der Waals surface area contributed by atoms with E-state index in [1.807, 2.05) is 18.2 Å². The van der Waals surface area contributed by atoms with Gasteiger partial charge in [0.05, 0.1) is 12.7 Å². The molecule has 0 aromatic heterocycles. The summed E-state index contributed by atoms with van der Waals surface area (Å²) in [5, 5.41) is 50.6. The standard InChI is InChI=1S/C51H84O17P2/c1-3-4-5-6-7-8-9-10-11-12-13-14-17-21-24-27-30-33-36-39-45(54)66-43(41-65-70(62,63)68-51-48(57)46(55)47(56)50(49(51)58)67-69(59,60)61)40-64-44(53)38-35-32-29-26-23-20-18-15-16-19-22-25-28-31-34-37-42(2)52/h4-5,7-8,10-11,13-14,16,18-20,25-26,28-29,42-43,46-52,55-58H,3,6,9,12,15,17,21-24,27,30-41H2,1-2H3,(H,62,63)(H2,59,60,61)/b5-4-,8-7-,11-10-,14-13-,19-16-,20-18-,28-25-,29-26-/t42-,43-,46?,47?,48?,49?,50-,51+/m1/s1. The van der Waals surface area contributed by atoms with Gasteiger partial charge in [0.25, 0.3) is 0 Å². The molecule has 1 fully saturated rings. The first kappa shape index (κ1) is 64.9. The first-order chi connectivity index (χ1) is 33.5. The largest absolute Gasteiger partial charge is 0.472 e. The predicted octanol–water partition coefficient (Wildman–Crippen LogP) is 8.92. The lowest BCUT2D eigenvalue weighted by Gasteiger charge is -2.43. The van der Waals surface area contributed by atoms with Gasteiger partial charge in [0.2, 0.25) is 0 Å². The molecular weight excluding hydrogens is 946 g/mol. The molecule has 0 radical (unpaired) electrons. The number of aliphatic hydroxyl groups excluding tert-OH is 5. The summed E-state index contributed by atoms with van der Waals surface area (Å²) < 4.78 is 49.4. The lowest BCUT2D eigenvalue weighted by molar-refractivity contribution is -0.216. The van der Waals surface area contributed by atoms with Crippen molar-refractivity contribution in [2.75, 3.05) is 13.2 Å². The van der Waals surface area contributed by atoms with Crippen molar-refractivity contribution < 1.29 is 82.0 Å². The molecule has 0 heterocycles. The molecule has 1 saturated carbocycles. The summed E-state index contributed by atoms with van der Waals surface area (Å²) in [4.78, 5) is 54.4. The van der Waals surface area contributed by atoms with Gasteiger partial charge in [-0.2, -0.15) is 0 Å². The van der Waals surface area contributed by atoms with E-state index in [2.05, 4.69) is 90.4 Å². The van der Waals surface area contributed by atoms with Crippen molar-refractivity contribution in [2.24, 2.45) is 0 Å². The van der Waals surface area contributed by atoms with E-state index >= 15 is 0 Å². The number of hydrogen-bond acceptors (Lipinski definition) is 14. The van der Waals surface area contributed by atoms with Crippen LogP contribution in [0.25, 0.3) is 0 Å². The van der Waals surface area contributed by atoms with Crippen molar-refractivity contribution in [3.8, 4) is 0 Å². The van der Waals surface area contributed by atoms with Crippen molar-refractivity contribution in [2.45, 2.75) is 198 Å². The van der Waals surface area contributed by atoms with Crippen LogP contribution >= 0.6 is 15.6 Å². The van der Waals surface area contributed by atoms with Crippen LogP contribution in [0.3, 0.4) is 0 Å². The van der Waals surface area contributed by atoms with E-state index in [1.165, 1.54) is 0 Å². The number of ether oxygens (including phenoxy) is 2. The summed E-state index contributed by atoms with van der Waals surface area (Å²) in [7, 11) is -10.7. The van der Waals surface area contributed by atoms with E-state index in [-0.39, 0.29) is 18.9 Å². The highest BCUT2D eigenvalue weighted by Gasteiger charge is 2.54. The predicted molar refractivity (Wildman–Crippen MR) is 270 cm³/mol. The van der Waals surface area contributed by atoms with Crippen LogP contribution < -0.4 is 0 Å². The first-order valence-corrected chi connectivity index (χ1v) is 27.8. The Labute approximate surface area is 416 Å². The van der Waals surface area contributed by atoms with Crippen LogP contribution in [0.4, 0.5) is 0 Å². The molecule has 1 aliphatic carbocycles. The molecule has 5 unspecified atom stereocenters. The fraction of sp³-hybridized carbons (Fsp3) is 0.647. The zero-order valence-electron chi connectivity index (χ0n) is 41.3. The Morgan fingerprint density at radius 3 is 1.44 bits per heavy atom. The molecule has 70 heavy (non-hydrogen) atoms.